The van der Waals surface area contributed by atoms with E-state index in [4.69, 9.17) is 10.5 Å². The molecule has 1 aliphatic carbocycles. The Labute approximate surface area is 164 Å². The van der Waals surface area contributed by atoms with Gasteiger partial charge in [-0.2, -0.15) is 13.2 Å². The molecule has 28 heavy (non-hydrogen) atoms. The fourth-order valence-corrected chi connectivity index (χ4v) is 4.58. The van der Waals surface area contributed by atoms with Crippen molar-refractivity contribution >= 4 is 5.91 Å². The maximum absolute atomic E-state index is 13.3. The lowest BCUT2D eigenvalue weighted by molar-refractivity contribution is -0.139. The molecule has 1 saturated heterocycles. The lowest BCUT2D eigenvalue weighted by atomic mass is 9.81. The first kappa shape index (κ1) is 21.1. The van der Waals surface area contributed by atoms with Gasteiger partial charge in [-0.05, 0) is 56.1 Å². The van der Waals surface area contributed by atoms with Crippen molar-refractivity contribution in [3.8, 4) is 0 Å². The molecule has 1 aromatic carbocycles. The smallest absolute Gasteiger partial charge is 0.376 e. The van der Waals surface area contributed by atoms with Gasteiger partial charge in [0.15, 0.2) is 0 Å². The van der Waals surface area contributed by atoms with Gasteiger partial charge in [0.2, 0.25) is 5.91 Å². The van der Waals surface area contributed by atoms with Gasteiger partial charge in [-0.25, -0.2) is 0 Å². The standard InChI is InChI=1S/C21H29F3N2O2/c1-14(27)26-12-4-7-19(25)20(26)13-28-16-10-8-15(9-11-16)17-5-2-3-6-18(17)21(22,23)24/h2-3,5-6,15-16,19-20H,4,7-13,25H2,1H3/t15?,16?,19?,20-/m0/s1. The first-order chi connectivity index (χ1) is 13.3. The zero-order valence-electron chi connectivity index (χ0n) is 16.3. The third-order valence-electron chi connectivity index (χ3n) is 6.12. The number of hydrogen-bond donors (Lipinski definition) is 1. The van der Waals surface area contributed by atoms with Crippen LogP contribution in [0.3, 0.4) is 0 Å². The van der Waals surface area contributed by atoms with E-state index in [-0.39, 0.29) is 30.0 Å². The molecule has 0 bridgehead atoms. The molecule has 2 atom stereocenters. The van der Waals surface area contributed by atoms with Gasteiger partial charge in [0.1, 0.15) is 0 Å². The van der Waals surface area contributed by atoms with E-state index in [1.165, 1.54) is 12.1 Å². The Morgan fingerprint density at radius 1 is 1.18 bits per heavy atom. The largest absolute Gasteiger partial charge is 0.416 e. The average Bonchev–Trinajstić information content (AvgIpc) is 2.66. The second-order valence-corrected chi connectivity index (χ2v) is 7.98. The van der Waals surface area contributed by atoms with Crippen molar-refractivity contribution in [2.24, 2.45) is 5.73 Å². The Hall–Kier alpha value is -1.60. The summed E-state index contributed by atoms with van der Waals surface area (Å²) in [6.07, 6.45) is 0.252. The minimum atomic E-state index is -4.32. The molecule has 1 unspecified atom stereocenters. The van der Waals surface area contributed by atoms with Crippen molar-refractivity contribution in [1.82, 2.24) is 4.90 Å². The summed E-state index contributed by atoms with van der Waals surface area (Å²) >= 11 is 0. The number of hydrogen-bond acceptors (Lipinski definition) is 3. The summed E-state index contributed by atoms with van der Waals surface area (Å²) in [5.74, 6) is -0.0838. The van der Waals surface area contributed by atoms with E-state index >= 15 is 0 Å². The van der Waals surface area contributed by atoms with Crippen LogP contribution >= 0.6 is 0 Å². The Morgan fingerprint density at radius 2 is 1.86 bits per heavy atom. The maximum atomic E-state index is 13.3. The van der Waals surface area contributed by atoms with Crippen molar-refractivity contribution < 1.29 is 22.7 Å². The van der Waals surface area contributed by atoms with E-state index in [0.717, 1.165) is 25.7 Å². The molecule has 2 fully saturated rings. The molecule has 1 amide bonds. The van der Waals surface area contributed by atoms with E-state index in [0.29, 0.717) is 31.6 Å². The van der Waals surface area contributed by atoms with Crippen LogP contribution in [0.1, 0.15) is 62.5 Å². The highest BCUT2D eigenvalue weighted by atomic mass is 19.4. The lowest BCUT2D eigenvalue weighted by Gasteiger charge is -2.40. The molecule has 1 aromatic rings. The number of alkyl halides is 3. The molecule has 4 nitrogen and oxygen atoms in total. The Bertz CT molecular complexity index is 672. The number of rotatable bonds is 4. The lowest BCUT2D eigenvalue weighted by Crippen LogP contribution is -2.56. The van der Waals surface area contributed by atoms with Gasteiger partial charge in [0.05, 0.1) is 24.3 Å². The number of likely N-dealkylation sites (tertiary alicyclic amines) is 1. The molecule has 0 spiro atoms. The van der Waals surface area contributed by atoms with Crippen molar-refractivity contribution in [2.45, 2.75) is 75.7 Å². The van der Waals surface area contributed by atoms with Crippen LogP contribution in [0, 0.1) is 0 Å². The van der Waals surface area contributed by atoms with Crippen molar-refractivity contribution in [1.29, 1.82) is 0 Å². The van der Waals surface area contributed by atoms with E-state index < -0.39 is 11.7 Å². The second kappa shape index (κ2) is 8.82. The van der Waals surface area contributed by atoms with Crippen LogP contribution in [0.15, 0.2) is 24.3 Å². The number of amides is 1. The van der Waals surface area contributed by atoms with Crippen molar-refractivity contribution in [3.05, 3.63) is 35.4 Å². The fourth-order valence-electron chi connectivity index (χ4n) is 4.58. The summed E-state index contributed by atoms with van der Waals surface area (Å²) in [5, 5.41) is 0. The zero-order valence-corrected chi connectivity index (χ0v) is 16.3. The SMILES string of the molecule is CC(=O)N1CCCC(N)[C@@H]1COC1CCC(c2ccccc2C(F)(F)F)CC1. The highest BCUT2D eigenvalue weighted by Gasteiger charge is 2.36. The molecule has 7 heteroatoms. The fraction of sp³-hybridized carbons (Fsp3) is 0.667. The van der Waals surface area contributed by atoms with Crippen LogP contribution in [0.25, 0.3) is 0 Å². The number of benzene rings is 1. The van der Waals surface area contributed by atoms with Crippen LogP contribution in [0.5, 0.6) is 0 Å². The third kappa shape index (κ3) is 4.87. The molecule has 0 radical (unpaired) electrons. The monoisotopic (exact) mass is 398 g/mol. The molecular weight excluding hydrogens is 369 g/mol. The second-order valence-electron chi connectivity index (χ2n) is 7.98. The number of nitrogens with zero attached hydrogens (tertiary/aromatic N) is 1. The number of ether oxygens (including phenoxy) is 1. The van der Waals surface area contributed by atoms with Gasteiger partial charge >= 0.3 is 6.18 Å². The molecule has 0 aromatic heterocycles. The molecule has 1 heterocycles. The molecule has 2 N–H and O–H groups in total. The maximum Gasteiger partial charge on any atom is 0.416 e. The van der Waals surface area contributed by atoms with Crippen LogP contribution in [0.2, 0.25) is 0 Å². The zero-order chi connectivity index (χ0) is 20.3. The van der Waals surface area contributed by atoms with Gasteiger partial charge in [-0.1, -0.05) is 18.2 Å². The summed E-state index contributed by atoms with van der Waals surface area (Å²) in [6, 6.07) is 5.67. The summed E-state index contributed by atoms with van der Waals surface area (Å²) in [6.45, 7) is 2.65. The predicted molar refractivity (Wildman–Crippen MR) is 101 cm³/mol. The van der Waals surface area contributed by atoms with Gasteiger partial charge in [-0.3, -0.25) is 4.79 Å². The highest BCUT2D eigenvalue weighted by Crippen LogP contribution is 2.41. The first-order valence-electron chi connectivity index (χ1n) is 10.1. The third-order valence-corrected chi connectivity index (χ3v) is 6.12. The van der Waals surface area contributed by atoms with Crippen LogP contribution in [0.4, 0.5) is 13.2 Å². The van der Waals surface area contributed by atoms with E-state index in [1.807, 2.05) is 0 Å². The quantitative estimate of drug-likeness (QED) is 0.831. The Morgan fingerprint density at radius 3 is 2.50 bits per heavy atom. The number of nitrogens with two attached hydrogens (primary N) is 1. The van der Waals surface area contributed by atoms with Crippen LogP contribution in [-0.2, 0) is 15.7 Å². The highest BCUT2D eigenvalue weighted by molar-refractivity contribution is 5.73. The molecule has 1 aliphatic heterocycles. The average molecular weight is 398 g/mol. The number of carbonyl (C=O) groups is 1. The summed E-state index contributed by atoms with van der Waals surface area (Å²) in [4.78, 5) is 13.6. The molecule has 1 saturated carbocycles. The van der Waals surface area contributed by atoms with E-state index in [2.05, 4.69) is 0 Å². The minimum absolute atomic E-state index is 0.0104. The molecule has 2 aliphatic rings. The van der Waals surface area contributed by atoms with Gasteiger partial charge in [-0.15, -0.1) is 0 Å². The molecule has 3 rings (SSSR count). The first-order valence-corrected chi connectivity index (χ1v) is 10.1. The normalized spacial score (nSPS) is 29.0. The summed E-state index contributed by atoms with van der Waals surface area (Å²) in [5.41, 5.74) is 6.07. The molecular formula is C21H29F3N2O2. The van der Waals surface area contributed by atoms with Crippen LogP contribution < -0.4 is 5.73 Å². The number of piperidine rings is 1. The van der Waals surface area contributed by atoms with E-state index in [1.54, 1.807) is 24.0 Å². The predicted octanol–water partition coefficient (Wildman–Crippen LogP) is 4.09. The molecule has 156 valence electrons. The summed E-state index contributed by atoms with van der Waals surface area (Å²) in [7, 11) is 0. The topological polar surface area (TPSA) is 55.6 Å². The number of halogens is 3. The van der Waals surface area contributed by atoms with Crippen LogP contribution in [-0.4, -0.2) is 42.1 Å². The van der Waals surface area contributed by atoms with Crippen molar-refractivity contribution in [2.75, 3.05) is 13.2 Å². The van der Waals surface area contributed by atoms with Gasteiger partial charge in [0, 0.05) is 19.5 Å². The number of carbonyl (C=O) groups excluding carboxylic acids is 1. The summed E-state index contributed by atoms with van der Waals surface area (Å²) < 4.78 is 45.9. The van der Waals surface area contributed by atoms with E-state index in [9.17, 15) is 18.0 Å². The van der Waals surface area contributed by atoms with Gasteiger partial charge < -0.3 is 15.4 Å². The van der Waals surface area contributed by atoms with Crippen molar-refractivity contribution in [3.63, 3.8) is 0 Å². The minimum Gasteiger partial charge on any atom is -0.376 e. The Kier molecular flexibility index (Phi) is 6.65. The van der Waals surface area contributed by atoms with Gasteiger partial charge in [0.25, 0.3) is 0 Å². The Balaban J connectivity index is 1.56.